The Bertz CT molecular complexity index is 699. The molecule has 23 heavy (non-hydrogen) atoms. The highest BCUT2D eigenvalue weighted by Gasteiger charge is 2.29. The van der Waals surface area contributed by atoms with Gasteiger partial charge in [0.05, 0.1) is 0 Å². The van der Waals surface area contributed by atoms with Gasteiger partial charge < -0.3 is 10.1 Å². The van der Waals surface area contributed by atoms with E-state index in [0.29, 0.717) is 21.9 Å². The first kappa shape index (κ1) is 17.3. The molecule has 2 rings (SSSR count). The maximum absolute atomic E-state index is 13.5. The van der Waals surface area contributed by atoms with Gasteiger partial charge in [-0.1, -0.05) is 23.7 Å². The lowest BCUT2D eigenvalue weighted by atomic mass is 10.1. The average Bonchev–Trinajstić information content (AvgIpc) is 2.50. The van der Waals surface area contributed by atoms with Crippen molar-refractivity contribution in [3.63, 3.8) is 0 Å². The van der Waals surface area contributed by atoms with Crippen LogP contribution in [-0.2, 0) is 11.3 Å². The summed E-state index contributed by atoms with van der Waals surface area (Å²) in [7, 11) is 0. The Labute approximate surface area is 140 Å². The molecule has 122 valence electrons. The number of halogens is 2. The van der Waals surface area contributed by atoms with E-state index in [2.05, 4.69) is 5.32 Å². The van der Waals surface area contributed by atoms with Crippen molar-refractivity contribution in [1.82, 2.24) is 5.32 Å². The van der Waals surface area contributed by atoms with Crippen molar-refractivity contribution in [2.24, 2.45) is 0 Å². The number of hydrogen-bond acceptors (Lipinski definition) is 2. The first-order chi connectivity index (χ1) is 10.8. The van der Waals surface area contributed by atoms with Crippen LogP contribution in [0.1, 0.15) is 25.0 Å². The molecule has 3 nitrogen and oxygen atoms in total. The van der Waals surface area contributed by atoms with Gasteiger partial charge in [0.2, 0.25) is 0 Å². The molecular weight excluding hydrogens is 317 g/mol. The van der Waals surface area contributed by atoms with Crippen LogP contribution in [0, 0.1) is 12.7 Å². The zero-order valence-electron chi connectivity index (χ0n) is 13.3. The van der Waals surface area contributed by atoms with Crippen LogP contribution >= 0.6 is 11.6 Å². The lowest BCUT2D eigenvalue weighted by Crippen LogP contribution is -2.46. The van der Waals surface area contributed by atoms with Gasteiger partial charge >= 0.3 is 0 Å². The number of hydrogen-bond donors (Lipinski definition) is 1. The van der Waals surface area contributed by atoms with Crippen molar-refractivity contribution in [2.45, 2.75) is 32.9 Å². The van der Waals surface area contributed by atoms with Crippen LogP contribution in [0.15, 0.2) is 42.5 Å². The van der Waals surface area contributed by atoms with Gasteiger partial charge in [-0.3, -0.25) is 4.79 Å². The lowest BCUT2D eigenvalue weighted by Gasteiger charge is -2.25. The highest BCUT2D eigenvalue weighted by atomic mass is 35.5. The van der Waals surface area contributed by atoms with Crippen molar-refractivity contribution >= 4 is 17.5 Å². The molecule has 0 atom stereocenters. The molecule has 2 aromatic rings. The molecule has 1 amide bonds. The minimum absolute atomic E-state index is 0.240. The zero-order valence-corrected chi connectivity index (χ0v) is 14.1. The van der Waals surface area contributed by atoms with Crippen LogP contribution in [0.4, 0.5) is 4.39 Å². The highest BCUT2D eigenvalue weighted by molar-refractivity contribution is 6.30. The quantitative estimate of drug-likeness (QED) is 0.886. The minimum atomic E-state index is -1.06. The maximum Gasteiger partial charge on any atom is 0.263 e. The van der Waals surface area contributed by atoms with Crippen LogP contribution in [-0.4, -0.2) is 11.5 Å². The number of rotatable bonds is 5. The van der Waals surface area contributed by atoms with Gasteiger partial charge in [0, 0.05) is 11.6 Å². The molecule has 0 saturated carbocycles. The Morgan fingerprint density at radius 3 is 2.48 bits per heavy atom. The van der Waals surface area contributed by atoms with Crippen molar-refractivity contribution in [3.05, 3.63) is 64.4 Å². The molecule has 0 radical (unpaired) electrons. The van der Waals surface area contributed by atoms with Crippen molar-refractivity contribution in [1.29, 1.82) is 0 Å². The molecule has 0 aliphatic rings. The number of nitrogens with one attached hydrogen (secondary N) is 1. The number of carbonyl (C=O) groups excluding carboxylic acids is 1. The summed E-state index contributed by atoms with van der Waals surface area (Å²) in [5.41, 5.74) is 0.215. The Hall–Kier alpha value is -2.07. The largest absolute Gasteiger partial charge is 0.478 e. The summed E-state index contributed by atoms with van der Waals surface area (Å²) in [6, 6.07) is 11.7. The molecule has 0 aliphatic carbocycles. The van der Waals surface area contributed by atoms with Crippen molar-refractivity contribution < 1.29 is 13.9 Å². The van der Waals surface area contributed by atoms with Crippen molar-refractivity contribution in [2.75, 3.05) is 0 Å². The third kappa shape index (κ3) is 4.70. The zero-order chi connectivity index (χ0) is 17.0. The van der Waals surface area contributed by atoms with Gasteiger partial charge in [-0.2, -0.15) is 0 Å². The SMILES string of the molecule is Cc1ccc(CNC(=O)C(C)(C)Oc2ccc(Cl)cc2)cc1F. The van der Waals surface area contributed by atoms with Crippen LogP contribution in [0.5, 0.6) is 5.75 Å². The van der Waals surface area contributed by atoms with E-state index in [4.69, 9.17) is 16.3 Å². The molecule has 0 aromatic heterocycles. The number of ether oxygens (including phenoxy) is 1. The Morgan fingerprint density at radius 2 is 1.87 bits per heavy atom. The standard InChI is InChI=1S/C18H19ClFNO2/c1-12-4-5-13(10-16(12)20)11-21-17(22)18(2,3)23-15-8-6-14(19)7-9-15/h4-10H,11H2,1-3H3,(H,21,22). The molecule has 2 aromatic carbocycles. The summed E-state index contributed by atoms with van der Waals surface area (Å²) in [5.74, 6) is -0.0159. The van der Waals surface area contributed by atoms with Crippen LogP contribution in [0.25, 0.3) is 0 Å². The third-order valence-electron chi connectivity index (χ3n) is 3.42. The van der Waals surface area contributed by atoms with Crippen molar-refractivity contribution in [3.8, 4) is 5.75 Å². The Balaban J connectivity index is 1.97. The van der Waals surface area contributed by atoms with E-state index in [1.54, 1.807) is 57.2 Å². The van der Waals surface area contributed by atoms with Gasteiger partial charge in [-0.05, 0) is 62.2 Å². The van der Waals surface area contributed by atoms with Gasteiger partial charge in [0.1, 0.15) is 11.6 Å². The minimum Gasteiger partial charge on any atom is -0.478 e. The molecule has 0 bridgehead atoms. The predicted molar refractivity (Wildman–Crippen MR) is 89.1 cm³/mol. The van der Waals surface area contributed by atoms with E-state index in [0.717, 1.165) is 0 Å². The van der Waals surface area contributed by atoms with Crippen LogP contribution in [0.2, 0.25) is 5.02 Å². The average molecular weight is 336 g/mol. The molecule has 1 N–H and O–H groups in total. The fourth-order valence-electron chi connectivity index (χ4n) is 1.99. The monoisotopic (exact) mass is 335 g/mol. The van der Waals surface area contributed by atoms with Gasteiger partial charge in [0.15, 0.2) is 5.60 Å². The third-order valence-corrected chi connectivity index (χ3v) is 3.67. The maximum atomic E-state index is 13.5. The van der Waals surface area contributed by atoms with Crippen LogP contribution in [0.3, 0.4) is 0 Å². The summed E-state index contributed by atoms with van der Waals surface area (Å²) < 4.78 is 19.2. The van der Waals surface area contributed by atoms with Gasteiger partial charge in [-0.25, -0.2) is 4.39 Å². The Kier molecular flexibility index (Phi) is 5.26. The fraction of sp³-hybridized carbons (Fsp3) is 0.278. The van der Waals surface area contributed by atoms with Gasteiger partial charge in [0.25, 0.3) is 5.91 Å². The number of amides is 1. The summed E-state index contributed by atoms with van der Waals surface area (Å²) in [5, 5.41) is 3.36. The molecule has 5 heteroatoms. The number of carbonyl (C=O) groups is 1. The van der Waals surface area contributed by atoms with Gasteiger partial charge in [-0.15, -0.1) is 0 Å². The molecule has 0 heterocycles. The second-order valence-electron chi connectivity index (χ2n) is 5.83. The predicted octanol–water partition coefficient (Wildman–Crippen LogP) is 4.26. The summed E-state index contributed by atoms with van der Waals surface area (Å²) in [6.45, 7) is 5.28. The first-order valence-corrected chi connectivity index (χ1v) is 7.63. The van der Waals surface area contributed by atoms with E-state index in [9.17, 15) is 9.18 Å². The van der Waals surface area contributed by atoms with E-state index < -0.39 is 5.60 Å². The molecule has 0 unspecified atom stereocenters. The second-order valence-corrected chi connectivity index (χ2v) is 6.27. The molecular formula is C18H19ClFNO2. The summed E-state index contributed by atoms with van der Waals surface area (Å²) >= 11 is 5.82. The highest BCUT2D eigenvalue weighted by Crippen LogP contribution is 2.21. The van der Waals surface area contributed by atoms with E-state index in [1.165, 1.54) is 6.07 Å². The topological polar surface area (TPSA) is 38.3 Å². The van der Waals surface area contributed by atoms with E-state index in [1.807, 2.05) is 0 Å². The van der Waals surface area contributed by atoms with E-state index >= 15 is 0 Å². The normalized spacial score (nSPS) is 11.2. The van der Waals surface area contributed by atoms with Crippen LogP contribution < -0.4 is 10.1 Å². The second kappa shape index (κ2) is 7.01. The summed E-state index contributed by atoms with van der Waals surface area (Å²) in [6.07, 6.45) is 0. The van der Waals surface area contributed by atoms with E-state index in [-0.39, 0.29) is 18.3 Å². The lowest BCUT2D eigenvalue weighted by molar-refractivity contribution is -0.134. The molecule has 0 aliphatic heterocycles. The molecule has 0 saturated heterocycles. The number of aryl methyl sites for hydroxylation is 1. The molecule has 0 fully saturated rings. The first-order valence-electron chi connectivity index (χ1n) is 7.26. The smallest absolute Gasteiger partial charge is 0.263 e. The summed E-state index contributed by atoms with van der Waals surface area (Å²) in [4.78, 5) is 12.3. The fourth-order valence-corrected chi connectivity index (χ4v) is 2.11. The number of benzene rings is 2. The molecule has 0 spiro atoms. The Morgan fingerprint density at radius 1 is 1.22 bits per heavy atom.